The van der Waals surface area contributed by atoms with Gasteiger partial charge in [-0.15, -0.1) is 0 Å². The van der Waals surface area contributed by atoms with E-state index in [0.717, 1.165) is 19.6 Å². The van der Waals surface area contributed by atoms with Crippen LogP contribution in [0.5, 0.6) is 0 Å². The lowest BCUT2D eigenvalue weighted by Crippen LogP contribution is -2.41. The fourth-order valence-electron chi connectivity index (χ4n) is 1.95. The van der Waals surface area contributed by atoms with Crippen LogP contribution in [0.15, 0.2) is 45.2 Å². The van der Waals surface area contributed by atoms with Gasteiger partial charge < -0.3 is 4.57 Å². The first kappa shape index (κ1) is 16.1. The van der Waals surface area contributed by atoms with E-state index >= 15 is 0 Å². The van der Waals surface area contributed by atoms with Gasteiger partial charge in [0.25, 0.3) is 5.56 Å². The van der Waals surface area contributed by atoms with Crippen molar-refractivity contribution in [3.8, 4) is 0 Å². The molecule has 0 aromatic carbocycles. The molecule has 0 saturated carbocycles. The van der Waals surface area contributed by atoms with Crippen LogP contribution in [0.25, 0.3) is 0 Å². The van der Waals surface area contributed by atoms with Gasteiger partial charge in [-0.2, -0.15) is 4.31 Å². The highest BCUT2D eigenvalue weighted by molar-refractivity contribution is 7.89. The quantitative estimate of drug-likeness (QED) is 0.741. The number of hydrogen-bond donors (Lipinski definition) is 0. The average Bonchev–Trinajstić information content (AvgIpc) is 2.49. The Bertz CT molecular complexity index is 900. The first-order chi connectivity index (χ1) is 10.2. The van der Waals surface area contributed by atoms with E-state index in [4.69, 9.17) is 0 Å². The highest BCUT2D eigenvalue weighted by Gasteiger charge is 2.26. The summed E-state index contributed by atoms with van der Waals surface area (Å²) in [5, 5.41) is 0. The van der Waals surface area contributed by atoms with Gasteiger partial charge in [0, 0.05) is 46.3 Å². The third kappa shape index (κ3) is 2.85. The molecule has 0 radical (unpaired) electrons. The van der Waals surface area contributed by atoms with Crippen molar-refractivity contribution in [3.05, 3.63) is 57.1 Å². The molecule has 0 amide bonds. The molecular weight excluding hydrogens is 308 g/mol. The second kappa shape index (κ2) is 5.85. The Labute approximate surface area is 127 Å². The Morgan fingerprint density at radius 3 is 2.55 bits per heavy atom. The SMILES string of the molecule is CN(Cc1cccnc1)S(=O)(=O)c1cn(C)c(=O)n(C)c1=O. The van der Waals surface area contributed by atoms with Crippen molar-refractivity contribution in [2.75, 3.05) is 7.05 Å². The Hall–Kier alpha value is -2.26. The first-order valence-electron chi connectivity index (χ1n) is 6.37. The molecule has 118 valence electrons. The second-order valence-corrected chi connectivity index (χ2v) is 6.89. The van der Waals surface area contributed by atoms with Gasteiger partial charge in [0.2, 0.25) is 10.0 Å². The maximum atomic E-state index is 12.5. The minimum absolute atomic E-state index is 0.0716. The number of hydrogen-bond acceptors (Lipinski definition) is 5. The minimum atomic E-state index is -4.02. The third-order valence-electron chi connectivity index (χ3n) is 3.23. The first-order valence-corrected chi connectivity index (χ1v) is 7.81. The number of aryl methyl sites for hydroxylation is 1. The molecule has 0 spiro atoms. The zero-order valence-corrected chi connectivity index (χ0v) is 13.2. The van der Waals surface area contributed by atoms with Crippen LogP contribution in [-0.4, -0.2) is 33.9 Å². The summed E-state index contributed by atoms with van der Waals surface area (Å²) in [5.74, 6) is 0. The molecule has 9 heteroatoms. The van der Waals surface area contributed by atoms with Crippen LogP contribution in [0.3, 0.4) is 0 Å². The summed E-state index contributed by atoms with van der Waals surface area (Å²) in [5.41, 5.74) is -0.741. The van der Waals surface area contributed by atoms with Crippen LogP contribution in [0, 0.1) is 0 Å². The summed E-state index contributed by atoms with van der Waals surface area (Å²) >= 11 is 0. The number of aromatic nitrogens is 3. The fourth-order valence-corrected chi connectivity index (χ4v) is 3.26. The molecule has 2 rings (SSSR count). The van der Waals surface area contributed by atoms with Crippen LogP contribution in [0.1, 0.15) is 5.56 Å². The van der Waals surface area contributed by atoms with Gasteiger partial charge in [0.05, 0.1) is 0 Å². The van der Waals surface area contributed by atoms with Crippen LogP contribution in [-0.2, 0) is 30.7 Å². The predicted molar refractivity (Wildman–Crippen MR) is 79.8 cm³/mol. The van der Waals surface area contributed by atoms with Crippen LogP contribution in [0.2, 0.25) is 0 Å². The maximum Gasteiger partial charge on any atom is 0.330 e. The van der Waals surface area contributed by atoms with E-state index in [0.29, 0.717) is 5.56 Å². The van der Waals surface area contributed by atoms with Gasteiger partial charge in [-0.3, -0.25) is 14.3 Å². The molecule has 0 aliphatic rings. The van der Waals surface area contributed by atoms with E-state index < -0.39 is 26.2 Å². The summed E-state index contributed by atoms with van der Waals surface area (Å²) < 4.78 is 28.0. The van der Waals surface area contributed by atoms with Crippen molar-refractivity contribution in [3.63, 3.8) is 0 Å². The predicted octanol–water partition coefficient (Wildman–Crippen LogP) is -0.700. The maximum absolute atomic E-state index is 12.5. The average molecular weight is 324 g/mol. The Morgan fingerprint density at radius 2 is 1.95 bits per heavy atom. The van der Waals surface area contributed by atoms with Crippen molar-refractivity contribution < 1.29 is 8.42 Å². The van der Waals surface area contributed by atoms with Crippen molar-refractivity contribution in [1.82, 2.24) is 18.4 Å². The molecule has 0 atom stereocenters. The smallest absolute Gasteiger partial charge is 0.302 e. The summed E-state index contributed by atoms with van der Waals surface area (Å²) in [6, 6.07) is 3.43. The molecular formula is C13H16N4O4S. The molecule has 0 bridgehead atoms. The summed E-state index contributed by atoms with van der Waals surface area (Å²) in [6.07, 6.45) is 4.17. The van der Waals surface area contributed by atoms with Crippen molar-refractivity contribution in [2.45, 2.75) is 11.4 Å². The van der Waals surface area contributed by atoms with Gasteiger partial charge >= 0.3 is 5.69 Å². The summed E-state index contributed by atoms with van der Waals surface area (Å²) in [4.78, 5) is 27.2. The molecule has 22 heavy (non-hydrogen) atoms. The topological polar surface area (TPSA) is 94.3 Å². The van der Waals surface area contributed by atoms with Crippen molar-refractivity contribution in [2.24, 2.45) is 14.1 Å². The van der Waals surface area contributed by atoms with Gasteiger partial charge in [0.15, 0.2) is 4.90 Å². The molecule has 0 fully saturated rings. The van der Waals surface area contributed by atoms with E-state index in [1.165, 1.54) is 21.1 Å². The lowest BCUT2D eigenvalue weighted by atomic mass is 10.3. The fraction of sp³-hybridized carbons (Fsp3) is 0.308. The van der Waals surface area contributed by atoms with E-state index in [-0.39, 0.29) is 6.54 Å². The van der Waals surface area contributed by atoms with Gasteiger partial charge in [-0.1, -0.05) is 6.07 Å². The minimum Gasteiger partial charge on any atom is -0.302 e. The number of nitrogens with zero attached hydrogens (tertiary/aromatic N) is 4. The lowest BCUT2D eigenvalue weighted by molar-refractivity contribution is 0.462. The third-order valence-corrected chi connectivity index (χ3v) is 5.02. The molecule has 0 aliphatic heterocycles. The van der Waals surface area contributed by atoms with Crippen molar-refractivity contribution >= 4 is 10.0 Å². The molecule has 2 aromatic rings. The van der Waals surface area contributed by atoms with E-state index in [9.17, 15) is 18.0 Å². The summed E-state index contributed by atoms with van der Waals surface area (Å²) in [7, 11) is -0.0175. The number of sulfonamides is 1. The zero-order chi connectivity index (χ0) is 16.5. The normalized spacial score (nSPS) is 11.8. The number of rotatable bonds is 4. The molecule has 0 unspecified atom stereocenters. The van der Waals surface area contributed by atoms with Crippen LogP contribution < -0.4 is 11.2 Å². The zero-order valence-electron chi connectivity index (χ0n) is 12.4. The van der Waals surface area contributed by atoms with Gasteiger partial charge in [0.1, 0.15) is 0 Å². The monoisotopic (exact) mass is 324 g/mol. The molecule has 2 heterocycles. The molecule has 2 aromatic heterocycles. The van der Waals surface area contributed by atoms with Gasteiger partial charge in [-0.25, -0.2) is 13.2 Å². The van der Waals surface area contributed by atoms with Crippen molar-refractivity contribution in [1.29, 1.82) is 0 Å². The standard InChI is InChI=1S/C13H16N4O4S/c1-15-9-11(12(18)17(3)13(15)19)22(20,21)16(2)8-10-5-4-6-14-7-10/h4-7,9H,8H2,1-3H3. The molecule has 0 aliphatic carbocycles. The largest absolute Gasteiger partial charge is 0.330 e. The Kier molecular flexibility index (Phi) is 4.29. The second-order valence-electron chi connectivity index (χ2n) is 4.87. The lowest BCUT2D eigenvalue weighted by Gasteiger charge is -2.17. The Balaban J connectivity index is 2.47. The highest BCUT2D eigenvalue weighted by atomic mass is 32.2. The summed E-state index contributed by atoms with van der Waals surface area (Å²) in [6.45, 7) is 0.0716. The molecule has 0 N–H and O–H groups in total. The van der Waals surface area contributed by atoms with Crippen LogP contribution in [0.4, 0.5) is 0 Å². The molecule has 0 saturated heterocycles. The van der Waals surface area contributed by atoms with E-state index in [1.807, 2.05) is 0 Å². The van der Waals surface area contributed by atoms with E-state index in [1.54, 1.807) is 24.5 Å². The van der Waals surface area contributed by atoms with E-state index in [2.05, 4.69) is 4.98 Å². The molecule has 8 nitrogen and oxygen atoms in total. The Morgan fingerprint density at radius 1 is 1.27 bits per heavy atom. The van der Waals surface area contributed by atoms with Crippen LogP contribution >= 0.6 is 0 Å². The van der Waals surface area contributed by atoms with Gasteiger partial charge in [-0.05, 0) is 11.6 Å². The number of pyridine rings is 1. The highest BCUT2D eigenvalue weighted by Crippen LogP contribution is 2.12.